The number of benzene rings is 2. The lowest BCUT2D eigenvalue weighted by Crippen LogP contribution is -2.42. The number of carbonyl (C=O) groups excluding carboxylic acids is 1. The number of halogens is 1. The van der Waals surface area contributed by atoms with Crippen molar-refractivity contribution >= 4 is 38.9 Å². The quantitative estimate of drug-likeness (QED) is 0.800. The van der Waals surface area contributed by atoms with Crippen LogP contribution in [-0.4, -0.2) is 31.7 Å². The molecule has 0 bridgehead atoms. The SMILES string of the molecule is CC(C)Oc1ccc(NC(=O)C23CC2CN(c2ccc(Cl)cc2)S3(=O)=O)cc1. The van der Waals surface area contributed by atoms with Gasteiger partial charge in [0.05, 0.1) is 11.8 Å². The first kappa shape index (κ1) is 19.1. The van der Waals surface area contributed by atoms with E-state index in [-0.39, 0.29) is 12.0 Å². The molecule has 28 heavy (non-hydrogen) atoms. The Balaban J connectivity index is 1.53. The van der Waals surface area contributed by atoms with Crippen molar-refractivity contribution in [2.75, 3.05) is 16.2 Å². The Labute approximate surface area is 169 Å². The lowest BCUT2D eigenvalue weighted by atomic mass is 10.2. The topological polar surface area (TPSA) is 75.7 Å². The van der Waals surface area contributed by atoms with Crippen molar-refractivity contribution in [1.29, 1.82) is 0 Å². The fourth-order valence-electron chi connectivity index (χ4n) is 3.70. The molecule has 2 aliphatic rings. The van der Waals surface area contributed by atoms with E-state index in [4.69, 9.17) is 16.3 Å². The molecule has 8 heteroatoms. The maximum absolute atomic E-state index is 13.2. The summed E-state index contributed by atoms with van der Waals surface area (Å²) >= 11 is 5.89. The van der Waals surface area contributed by atoms with Crippen LogP contribution in [0.1, 0.15) is 20.3 Å². The Hall–Kier alpha value is -2.25. The van der Waals surface area contributed by atoms with Crippen molar-refractivity contribution < 1.29 is 17.9 Å². The third-order valence-corrected chi connectivity index (χ3v) is 7.97. The monoisotopic (exact) mass is 420 g/mol. The molecule has 1 saturated heterocycles. The van der Waals surface area contributed by atoms with Gasteiger partial charge in [-0.1, -0.05) is 11.6 Å². The molecule has 6 nitrogen and oxygen atoms in total. The van der Waals surface area contributed by atoms with Crippen molar-refractivity contribution in [3.63, 3.8) is 0 Å². The minimum Gasteiger partial charge on any atom is -0.491 e. The Morgan fingerprint density at radius 1 is 1.18 bits per heavy atom. The average molecular weight is 421 g/mol. The van der Waals surface area contributed by atoms with Gasteiger partial charge >= 0.3 is 0 Å². The molecule has 2 aromatic carbocycles. The molecular formula is C20H21ClN2O4S. The molecular weight excluding hydrogens is 400 g/mol. The molecule has 0 radical (unpaired) electrons. The van der Waals surface area contributed by atoms with Crippen LogP contribution in [-0.2, 0) is 14.8 Å². The van der Waals surface area contributed by atoms with Gasteiger partial charge in [0.1, 0.15) is 5.75 Å². The van der Waals surface area contributed by atoms with E-state index in [2.05, 4.69) is 5.32 Å². The predicted molar refractivity (Wildman–Crippen MR) is 109 cm³/mol. The van der Waals surface area contributed by atoms with Gasteiger partial charge in [0, 0.05) is 23.2 Å². The smallest absolute Gasteiger partial charge is 0.250 e. The maximum Gasteiger partial charge on any atom is 0.250 e. The number of anilines is 2. The Kier molecular flexibility index (Phi) is 4.55. The summed E-state index contributed by atoms with van der Waals surface area (Å²) in [6.45, 7) is 4.16. The highest BCUT2D eigenvalue weighted by molar-refractivity contribution is 7.95. The van der Waals surface area contributed by atoms with Crippen molar-refractivity contribution in [2.24, 2.45) is 5.92 Å². The first-order valence-corrected chi connectivity index (χ1v) is 10.9. The molecule has 0 aromatic heterocycles. The van der Waals surface area contributed by atoms with Gasteiger partial charge in [0.15, 0.2) is 4.75 Å². The molecule has 148 valence electrons. The van der Waals surface area contributed by atoms with Gasteiger partial charge in [0.25, 0.3) is 0 Å². The number of carbonyl (C=O) groups is 1. The molecule has 1 amide bonds. The van der Waals surface area contributed by atoms with Crippen LogP contribution >= 0.6 is 11.6 Å². The summed E-state index contributed by atoms with van der Waals surface area (Å²) in [6.07, 6.45) is 0.397. The number of rotatable bonds is 5. The van der Waals surface area contributed by atoms with Crippen LogP contribution < -0.4 is 14.4 Å². The van der Waals surface area contributed by atoms with E-state index in [9.17, 15) is 13.2 Å². The second-order valence-electron chi connectivity index (χ2n) is 7.45. The standard InChI is InChI=1S/C20H21ClN2O4S/c1-13(2)27-18-9-5-16(6-10-18)22-19(24)20-11-14(20)12-23(28(20,25)26)17-7-3-15(21)4-8-17/h3-10,13-14H,11-12H2,1-2H3,(H,22,24). The average Bonchev–Trinajstić information content (AvgIpc) is 3.33. The zero-order valence-electron chi connectivity index (χ0n) is 15.6. The Morgan fingerprint density at radius 3 is 2.43 bits per heavy atom. The highest BCUT2D eigenvalue weighted by Gasteiger charge is 2.75. The largest absolute Gasteiger partial charge is 0.491 e. The van der Waals surface area contributed by atoms with Crippen LogP contribution in [0.4, 0.5) is 11.4 Å². The summed E-state index contributed by atoms with van der Waals surface area (Å²) in [5, 5.41) is 3.29. The normalized spacial score (nSPS) is 24.7. The number of hydrogen-bond donors (Lipinski definition) is 1. The zero-order chi connectivity index (χ0) is 20.1. The van der Waals surface area contributed by atoms with Crippen molar-refractivity contribution in [1.82, 2.24) is 0 Å². The van der Waals surface area contributed by atoms with Crippen LogP contribution in [0.5, 0.6) is 5.75 Å². The van der Waals surface area contributed by atoms with Crippen LogP contribution in [0.15, 0.2) is 48.5 Å². The van der Waals surface area contributed by atoms with Gasteiger partial charge in [-0.15, -0.1) is 0 Å². The van der Waals surface area contributed by atoms with Crippen molar-refractivity contribution in [3.8, 4) is 5.75 Å². The number of hydrogen-bond acceptors (Lipinski definition) is 4. The molecule has 1 N–H and O–H groups in total. The summed E-state index contributed by atoms with van der Waals surface area (Å²) in [7, 11) is -3.81. The van der Waals surface area contributed by atoms with E-state index in [1.807, 2.05) is 13.8 Å². The van der Waals surface area contributed by atoms with Crippen LogP contribution in [0, 0.1) is 5.92 Å². The number of nitrogens with one attached hydrogen (secondary N) is 1. The summed E-state index contributed by atoms with van der Waals surface area (Å²) in [5.74, 6) is 0.000999. The molecule has 2 atom stereocenters. The molecule has 0 spiro atoms. The number of nitrogens with zero attached hydrogens (tertiary/aromatic N) is 1. The lowest BCUT2D eigenvalue weighted by molar-refractivity contribution is -0.116. The first-order valence-electron chi connectivity index (χ1n) is 9.10. The van der Waals surface area contributed by atoms with E-state index < -0.39 is 20.7 Å². The van der Waals surface area contributed by atoms with Gasteiger partial charge < -0.3 is 10.1 Å². The minimum absolute atomic E-state index is 0.0500. The van der Waals surface area contributed by atoms with Crippen LogP contribution in [0.3, 0.4) is 0 Å². The second-order valence-corrected chi connectivity index (χ2v) is 10.0. The van der Waals surface area contributed by atoms with E-state index in [1.54, 1.807) is 48.5 Å². The first-order chi connectivity index (χ1) is 13.2. The highest BCUT2D eigenvalue weighted by atomic mass is 35.5. The fourth-order valence-corrected chi connectivity index (χ4v) is 6.19. The van der Waals surface area contributed by atoms with Gasteiger partial charge in [-0.25, -0.2) is 8.42 Å². The van der Waals surface area contributed by atoms with Gasteiger partial charge in [-0.3, -0.25) is 9.10 Å². The fraction of sp³-hybridized carbons (Fsp3) is 0.350. The zero-order valence-corrected chi connectivity index (χ0v) is 17.1. The van der Waals surface area contributed by atoms with E-state index >= 15 is 0 Å². The van der Waals surface area contributed by atoms with E-state index in [0.29, 0.717) is 35.1 Å². The third kappa shape index (κ3) is 3.02. The predicted octanol–water partition coefficient (Wildman–Crippen LogP) is 3.67. The number of amides is 1. The second kappa shape index (κ2) is 6.67. The minimum atomic E-state index is -3.81. The van der Waals surface area contributed by atoms with Gasteiger partial charge in [-0.2, -0.15) is 0 Å². The lowest BCUT2D eigenvalue weighted by Gasteiger charge is -2.23. The summed E-state index contributed by atoms with van der Waals surface area (Å²) in [6, 6.07) is 13.5. The molecule has 1 aliphatic carbocycles. The molecule has 2 fully saturated rings. The van der Waals surface area contributed by atoms with Gasteiger partial charge in [0.2, 0.25) is 15.9 Å². The molecule has 1 heterocycles. The molecule has 2 unspecified atom stereocenters. The Bertz CT molecular complexity index is 1010. The number of sulfonamides is 1. The molecule has 1 saturated carbocycles. The van der Waals surface area contributed by atoms with E-state index in [0.717, 1.165) is 0 Å². The Morgan fingerprint density at radius 2 is 1.82 bits per heavy atom. The van der Waals surface area contributed by atoms with Gasteiger partial charge in [-0.05, 0) is 68.8 Å². The summed E-state index contributed by atoms with van der Waals surface area (Å²) < 4.78 is 31.8. The number of ether oxygens (including phenoxy) is 1. The maximum atomic E-state index is 13.2. The van der Waals surface area contributed by atoms with Crippen molar-refractivity contribution in [2.45, 2.75) is 31.1 Å². The highest BCUT2D eigenvalue weighted by Crippen LogP contribution is 2.58. The molecule has 2 aromatic rings. The molecule has 4 rings (SSSR count). The molecule has 1 aliphatic heterocycles. The third-order valence-electron chi connectivity index (χ3n) is 5.17. The van der Waals surface area contributed by atoms with E-state index in [1.165, 1.54) is 4.31 Å². The van der Waals surface area contributed by atoms with Crippen LogP contribution in [0.25, 0.3) is 0 Å². The summed E-state index contributed by atoms with van der Waals surface area (Å²) in [4.78, 5) is 12.9. The number of fused-ring (bicyclic) bond motifs is 1. The summed E-state index contributed by atoms with van der Waals surface area (Å²) in [5.41, 5.74) is 1.07. The van der Waals surface area contributed by atoms with Crippen LogP contribution in [0.2, 0.25) is 5.02 Å². The van der Waals surface area contributed by atoms with Crippen molar-refractivity contribution in [3.05, 3.63) is 53.6 Å².